The van der Waals surface area contributed by atoms with Gasteiger partial charge < -0.3 is 10.4 Å². The Morgan fingerprint density at radius 3 is 2.57 bits per heavy atom. The maximum Gasteiger partial charge on any atom is 0.269 e. The molecule has 0 heterocycles. The predicted molar refractivity (Wildman–Crippen MR) is 78.9 cm³/mol. The largest absolute Gasteiger partial charge is 0.508 e. The van der Waals surface area contributed by atoms with Gasteiger partial charge in [0.2, 0.25) is 0 Å². The Labute approximate surface area is 125 Å². The molecule has 2 N–H and O–H groups in total. The van der Waals surface area contributed by atoms with Crippen molar-refractivity contribution in [1.82, 2.24) is 0 Å². The Morgan fingerprint density at radius 2 is 2.00 bits per heavy atom. The number of carbonyl (C=O) groups is 1. The van der Waals surface area contributed by atoms with E-state index in [1.165, 1.54) is 36.4 Å². The highest BCUT2D eigenvalue weighted by molar-refractivity contribution is 6.34. The van der Waals surface area contributed by atoms with Crippen LogP contribution in [0.1, 0.15) is 15.9 Å². The van der Waals surface area contributed by atoms with Crippen LogP contribution in [0, 0.1) is 17.0 Å². The van der Waals surface area contributed by atoms with Gasteiger partial charge in [-0.1, -0.05) is 11.6 Å². The average Bonchev–Trinajstić information content (AvgIpc) is 2.41. The lowest BCUT2D eigenvalue weighted by molar-refractivity contribution is -0.384. The summed E-state index contributed by atoms with van der Waals surface area (Å²) in [6, 6.07) is 8.14. The van der Waals surface area contributed by atoms with Gasteiger partial charge in [0.15, 0.2) is 0 Å². The number of carbonyl (C=O) groups excluding carboxylic acids is 1. The second-order valence-corrected chi connectivity index (χ2v) is 4.78. The first-order valence-corrected chi connectivity index (χ1v) is 6.31. The first-order chi connectivity index (χ1) is 9.88. The number of aryl methyl sites for hydroxylation is 1. The van der Waals surface area contributed by atoms with Crippen molar-refractivity contribution in [2.45, 2.75) is 6.92 Å². The molecular formula is C14H11ClN2O4. The Hall–Kier alpha value is -2.60. The fourth-order valence-corrected chi connectivity index (χ4v) is 2.03. The Balaban J connectivity index is 2.26. The summed E-state index contributed by atoms with van der Waals surface area (Å²) in [4.78, 5) is 22.3. The van der Waals surface area contributed by atoms with E-state index in [0.717, 1.165) is 0 Å². The lowest BCUT2D eigenvalue weighted by Gasteiger charge is -2.09. The van der Waals surface area contributed by atoms with Crippen LogP contribution in [-0.2, 0) is 0 Å². The van der Waals surface area contributed by atoms with Crippen LogP contribution in [0.3, 0.4) is 0 Å². The molecule has 0 unspecified atom stereocenters. The van der Waals surface area contributed by atoms with Crippen molar-refractivity contribution < 1.29 is 14.8 Å². The number of rotatable bonds is 3. The van der Waals surface area contributed by atoms with Crippen molar-refractivity contribution in [1.29, 1.82) is 0 Å². The number of nitrogens with one attached hydrogen (secondary N) is 1. The van der Waals surface area contributed by atoms with Gasteiger partial charge in [0.1, 0.15) is 5.75 Å². The van der Waals surface area contributed by atoms with Gasteiger partial charge in [0, 0.05) is 23.8 Å². The highest BCUT2D eigenvalue weighted by Crippen LogP contribution is 2.27. The van der Waals surface area contributed by atoms with E-state index in [9.17, 15) is 20.0 Å². The lowest BCUT2D eigenvalue weighted by Crippen LogP contribution is -2.13. The highest BCUT2D eigenvalue weighted by Gasteiger charge is 2.14. The summed E-state index contributed by atoms with van der Waals surface area (Å²) >= 11 is 5.90. The van der Waals surface area contributed by atoms with Crippen LogP contribution in [0.15, 0.2) is 36.4 Å². The van der Waals surface area contributed by atoms with Gasteiger partial charge in [-0.3, -0.25) is 14.9 Å². The van der Waals surface area contributed by atoms with Crippen molar-refractivity contribution in [2.75, 3.05) is 5.32 Å². The third-order valence-corrected chi connectivity index (χ3v) is 3.18. The van der Waals surface area contributed by atoms with E-state index in [0.29, 0.717) is 16.8 Å². The summed E-state index contributed by atoms with van der Waals surface area (Å²) in [7, 11) is 0. The first kappa shape index (κ1) is 14.8. The fourth-order valence-electron chi connectivity index (χ4n) is 1.81. The van der Waals surface area contributed by atoms with Gasteiger partial charge in [-0.05, 0) is 30.7 Å². The predicted octanol–water partition coefficient (Wildman–Crippen LogP) is 3.51. The van der Waals surface area contributed by atoms with Gasteiger partial charge in [-0.2, -0.15) is 0 Å². The Bertz CT molecular complexity index is 731. The Kier molecular flexibility index (Phi) is 4.09. The quantitative estimate of drug-likeness (QED) is 0.515. The van der Waals surface area contributed by atoms with Gasteiger partial charge >= 0.3 is 0 Å². The molecule has 0 spiro atoms. The topological polar surface area (TPSA) is 92.5 Å². The zero-order valence-corrected chi connectivity index (χ0v) is 11.7. The lowest BCUT2D eigenvalue weighted by atomic mass is 10.1. The van der Waals surface area contributed by atoms with Crippen LogP contribution in [0.4, 0.5) is 11.4 Å². The molecule has 0 aliphatic carbocycles. The summed E-state index contributed by atoms with van der Waals surface area (Å²) in [6.45, 7) is 1.61. The van der Waals surface area contributed by atoms with Gasteiger partial charge in [0.25, 0.3) is 11.6 Å². The van der Waals surface area contributed by atoms with Crippen molar-refractivity contribution in [3.05, 3.63) is 62.7 Å². The number of non-ortho nitro benzene ring substituents is 1. The number of phenols is 1. The fraction of sp³-hybridized carbons (Fsp3) is 0.0714. The molecule has 0 saturated carbocycles. The van der Waals surface area contributed by atoms with Crippen LogP contribution in [-0.4, -0.2) is 15.9 Å². The van der Waals surface area contributed by atoms with E-state index in [4.69, 9.17) is 11.6 Å². The summed E-state index contributed by atoms with van der Waals surface area (Å²) in [6.07, 6.45) is 0. The summed E-state index contributed by atoms with van der Waals surface area (Å²) < 4.78 is 0. The van der Waals surface area contributed by atoms with Gasteiger partial charge in [0.05, 0.1) is 15.6 Å². The maximum absolute atomic E-state index is 12.2. The molecule has 0 fully saturated rings. The van der Waals surface area contributed by atoms with Crippen LogP contribution < -0.4 is 5.32 Å². The summed E-state index contributed by atoms with van der Waals surface area (Å²) in [5, 5.41) is 22.7. The number of benzene rings is 2. The van der Waals surface area contributed by atoms with Crippen LogP contribution in [0.25, 0.3) is 0 Å². The zero-order chi connectivity index (χ0) is 15.6. The van der Waals surface area contributed by atoms with E-state index in [-0.39, 0.29) is 16.5 Å². The first-order valence-electron chi connectivity index (χ1n) is 5.93. The molecule has 108 valence electrons. The molecule has 6 nitrogen and oxygen atoms in total. The molecule has 2 rings (SSSR count). The maximum atomic E-state index is 12.2. The normalized spacial score (nSPS) is 10.2. The minimum Gasteiger partial charge on any atom is -0.508 e. The molecule has 0 bridgehead atoms. The molecule has 0 saturated heterocycles. The number of halogens is 1. The average molecular weight is 307 g/mol. The molecule has 0 aromatic heterocycles. The van der Waals surface area contributed by atoms with E-state index >= 15 is 0 Å². The minimum absolute atomic E-state index is 0.00971. The number of anilines is 1. The number of hydrogen-bond donors (Lipinski definition) is 2. The van der Waals surface area contributed by atoms with E-state index in [1.807, 2.05) is 0 Å². The molecule has 2 aromatic carbocycles. The Morgan fingerprint density at radius 1 is 1.29 bits per heavy atom. The summed E-state index contributed by atoms with van der Waals surface area (Å²) in [5.74, 6) is -0.445. The number of aromatic hydroxyl groups is 1. The minimum atomic E-state index is -0.522. The number of phenolic OH excluding ortho intramolecular Hbond substituents is 1. The van der Waals surface area contributed by atoms with Crippen molar-refractivity contribution in [2.24, 2.45) is 0 Å². The number of amides is 1. The third kappa shape index (κ3) is 3.29. The van der Waals surface area contributed by atoms with E-state index < -0.39 is 10.8 Å². The molecule has 7 heteroatoms. The molecule has 0 radical (unpaired) electrons. The van der Waals surface area contributed by atoms with Crippen LogP contribution >= 0.6 is 11.6 Å². The molecule has 0 aliphatic heterocycles. The molecule has 0 atom stereocenters. The molecular weight excluding hydrogens is 296 g/mol. The number of nitrogens with zero attached hydrogens (tertiary/aromatic N) is 1. The zero-order valence-electron chi connectivity index (χ0n) is 11.0. The summed E-state index contributed by atoms with van der Waals surface area (Å²) in [5.41, 5.74) is 1.06. The smallest absolute Gasteiger partial charge is 0.269 e. The number of nitro benzene ring substituents is 1. The van der Waals surface area contributed by atoms with Crippen molar-refractivity contribution in [3.63, 3.8) is 0 Å². The molecule has 2 aromatic rings. The van der Waals surface area contributed by atoms with Crippen LogP contribution in [0.5, 0.6) is 5.75 Å². The molecule has 1 amide bonds. The standard InChI is InChI=1S/C14H11ClN2O4/c1-8-6-9(17(20)21)2-4-11(8)14(19)16-13-5-3-10(18)7-12(13)15/h2-7,18H,1H3,(H,16,19). The third-order valence-electron chi connectivity index (χ3n) is 2.87. The van der Waals surface area contributed by atoms with Crippen molar-refractivity contribution >= 4 is 28.9 Å². The van der Waals surface area contributed by atoms with E-state index in [2.05, 4.69) is 5.32 Å². The SMILES string of the molecule is Cc1cc([N+](=O)[O-])ccc1C(=O)Nc1ccc(O)cc1Cl. The van der Waals surface area contributed by atoms with Crippen LogP contribution in [0.2, 0.25) is 5.02 Å². The monoisotopic (exact) mass is 306 g/mol. The van der Waals surface area contributed by atoms with Gasteiger partial charge in [-0.15, -0.1) is 0 Å². The molecule has 0 aliphatic rings. The second-order valence-electron chi connectivity index (χ2n) is 4.37. The number of nitro groups is 1. The number of hydrogen-bond acceptors (Lipinski definition) is 4. The van der Waals surface area contributed by atoms with Gasteiger partial charge in [-0.25, -0.2) is 0 Å². The van der Waals surface area contributed by atoms with E-state index in [1.54, 1.807) is 6.92 Å². The highest BCUT2D eigenvalue weighted by atomic mass is 35.5. The van der Waals surface area contributed by atoms with Crippen molar-refractivity contribution in [3.8, 4) is 5.75 Å². The second kappa shape index (κ2) is 5.80. The molecule has 21 heavy (non-hydrogen) atoms.